The van der Waals surface area contributed by atoms with Gasteiger partial charge in [0.15, 0.2) is 11.5 Å². The van der Waals surface area contributed by atoms with Gasteiger partial charge < -0.3 is 14.3 Å². The maximum Gasteiger partial charge on any atom is 0.161 e. The zero-order chi connectivity index (χ0) is 13.7. The van der Waals surface area contributed by atoms with Gasteiger partial charge >= 0.3 is 0 Å². The molecule has 0 spiro atoms. The molecule has 0 saturated heterocycles. The van der Waals surface area contributed by atoms with Gasteiger partial charge in [0.05, 0.1) is 14.2 Å². The van der Waals surface area contributed by atoms with Crippen molar-refractivity contribution in [2.75, 3.05) is 14.2 Å². The molecule has 0 N–H and O–H groups in total. The van der Waals surface area contributed by atoms with Crippen LogP contribution in [0.4, 0.5) is 0 Å². The summed E-state index contributed by atoms with van der Waals surface area (Å²) in [6.07, 6.45) is 1.49. The van der Waals surface area contributed by atoms with Crippen LogP contribution in [0.1, 0.15) is 50.2 Å². The molecular formula is C15H22O3. The number of rotatable bonds is 6. The summed E-state index contributed by atoms with van der Waals surface area (Å²) in [5.74, 6) is 2.03. The number of methoxy groups -OCH3 is 2. The summed E-state index contributed by atoms with van der Waals surface area (Å²) in [7, 11) is 3.26. The van der Waals surface area contributed by atoms with E-state index in [-0.39, 0.29) is 5.92 Å². The molecule has 1 rings (SSSR count). The van der Waals surface area contributed by atoms with Gasteiger partial charge in [-0.25, -0.2) is 0 Å². The van der Waals surface area contributed by atoms with Crippen LogP contribution in [0, 0.1) is 0 Å². The predicted octanol–water partition coefficient (Wildman–Crippen LogP) is 3.52. The second-order valence-electron chi connectivity index (χ2n) is 4.79. The second-order valence-corrected chi connectivity index (χ2v) is 4.79. The van der Waals surface area contributed by atoms with E-state index in [4.69, 9.17) is 9.47 Å². The van der Waals surface area contributed by atoms with Gasteiger partial charge in [-0.05, 0) is 35.1 Å². The fourth-order valence-corrected chi connectivity index (χ4v) is 2.11. The van der Waals surface area contributed by atoms with Gasteiger partial charge in [-0.2, -0.15) is 0 Å². The Labute approximate surface area is 109 Å². The van der Waals surface area contributed by atoms with E-state index in [9.17, 15) is 4.79 Å². The Bertz CT molecular complexity index is 410. The lowest BCUT2D eigenvalue weighted by Gasteiger charge is -2.20. The third-order valence-electron chi connectivity index (χ3n) is 3.19. The summed E-state index contributed by atoms with van der Waals surface area (Å²) in [5.41, 5.74) is 2.37. The highest BCUT2D eigenvalue weighted by Crippen LogP contribution is 2.37. The van der Waals surface area contributed by atoms with Crippen LogP contribution in [0.15, 0.2) is 12.1 Å². The van der Waals surface area contributed by atoms with Crippen LogP contribution >= 0.6 is 0 Å². The summed E-state index contributed by atoms with van der Waals surface area (Å²) in [6.45, 7) is 6.33. The van der Waals surface area contributed by atoms with Crippen molar-refractivity contribution in [3.8, 4) is 11.5 Å². The van der Waals surface area contributed by atoms with Gasteiger partial charge in [0.1, 0.15) is 6.29 Å². The Morgan fingerprint density at radius 3 is 1.94 bits per heavy atom. The van der Waals surface area contributed by atoms with Gasteiger partial charge in [-0.15, -0.1) is 0 Å². The molecule has 1 aromatic rings. The molecule has 18 heavy (non-hydrogen) atoms. The molecule has 3 heteroatoms. The lowest BCUT2D eigenvalue weighted by Crippen LogP contribution is -2.04. The highest BCUT2D eigenvalue weighted by molar-refractivity contribution is 5.55. The molecule has 0 heterocycles. The Morgan fingerprint density at radius 1 is 1.06 bits per heavy atom. The van der Waals surface area contributed by atoms with Crippen LogP contribution < -0.4 is 9.47 Å². The molecule has 0 bridgehead atoms. The fourth-order valence-electron chi connectivity index (χ4n) is 2.11. The topological polar surface area (TPSA) is 35.5 Å². The molecule has 0 amide bonds. The third kappa shape index (κ3) is 3.03. The molecule has 1 atom stereocenters. The quantitative estimate of drug-likeness (QED) is 0.725. The predicted molar refractivity (Wildman–Crippen MR) is 72.7 cm³/mol. The van der Waals surface area contributed by atoms with Crippen LogP contribution in [0.5, 0.6) is 11.5 Å². The molecule has 0 aliphatic heterocycles. The van der Waals surface area contributed by atoms with Crippen molar-refractivity contribution >= 4 is 6.29 Å². The van der Waals surface area contributed by atoms with E-state index in [1.807, 2.05) is 12.1 Å². The van der Waals surface area contributed by atoms with Gasteiger partial charge in [-0.3, -0.25) is 0 Å². The molecule has 100 valence electrons. The van der Waals surface area contributed by atoms with Crippen molar-refractivity contribution in [3.63, 3.8) is 0 Å². The zero-order valence-corrected chi connectivity index (χ0v) is 11.8. The highest BCUT2D eigenvalue weighted by atomic mass is 16.5. The van der Waals surface area contributed by atoms with E-state index in [1.165, 1.54) is 5.56 Å². The largest absolute Gasteiger partial charge is 0.493 e. The fraction of sp³-hybridized carbons (Fsp3) is 0.533. The molecule has 0 aliphatic rings. The minimum Gasteiger partial charge on any atom is -0.493 e. The number of carbonyl (C=O) groups is 1. The lowest BCUT2D eigenvalue weighted by atomic mass is 9.88. The Balaban J connectivity index is 3.32. The maximum atomic E-state index is 10.7. The molecule has 0 fully saturated rings. The molecular weight excluding hydrogens is 228 g/mol. The van der Waals surface area contributed by atoms with Crippen molar-refractivity contribution in [2.45, 2.75) is 39.0 Å². The third-order valence-corrected chi connectivity index (χ3v) is 3.19. The molecule has 0 aliphatic carbocycles. The lowest BCUT2D eigenvalue weighted by molar-refractivity contribution is -0.108. The maximum absolute atomic E-state index is 10.7. The summed E-state index contributed by atoms with van der Waals surface area (Å²) in [5, 5.41) is 0. The average molecular weight is 250 g/mol. The number of aldehydes is 1. The van der Waals surface area contributed by atoms with Crippen LogP contribution in [0.3, 0.4) is 0 Å². The first-order valence-corrected chi connectivity index (χ1v) is 6.24. The van der Waals surface area contributed by atoms with Crippen molar-refractivity contribution < 1.29 is 14.3 Å². The average Bonchev–Trinajstić information content (AvgIpc) is 2.37. The normalized spacial score (nSPS) is 12.3. The molecule has 0 saturated carbocycles. The summed E-state index contributed by atoms with van der Waals surface area (Å²) in [6, 6.07) is 4.00. The summed E-state index contributed by atoms with van der Waals surface area (Å²) >= 11 is 0. The minimum absolute atomic E-state index is 0.194. The van der Waals surface area contributed by atoms with Gasteiger partial charge in [0.25, 0.3) is 0 Å². The molecule has 1 unspecified atom stereocenters. The van der Waals surface area contributed by atoms with Crippen LogP contribution in [-0.4, -0.2) is 20.5 Å². The summed E-state index contributed by atoms with van der Waals surface area (Å²) < 4.78 is 10.7. The molecule has 0 radical (unpaired) electrons. The van der Waals surface area contributed by atoms with E-state index in [0.29, 0.717) is 12.3 Å². The highest BCUT2D eigenvalue weighted by Gasteiger charge is 2.17. The van der Waals surface area contributed by atoms with Crippen LogP contribution in [0.25, 0.3) is 0 Å². The van der Waals surface area contributed by atoms with E-state index in [2.05, 4.69) is 20.8 Å². The molecule has 0 aromatic heterocycles. The van der Waals surface area contributed by atoms with Gasteiger partial charge in [0, 0.05) is 6.42 Å². The first kappa shape index (κ1) is 14.6. The molecule has 1 aromatic carbocycles. The zero-order valence-electron chi connectivity index (χ0n) is 11.8. The van der Waals surface area contributed by atoms with Gasteiger partial charge in [0.2, 0.25) is 0 Å². The van der Waals surface area contributed by atoms with Crippen LogP contribution in [-0.2, 0) is 4.79 Å². The van der Waals surface area contributed by atoms with Crippen molar-refractivity contribution in [3.05, 3.63) is 23.3 Å². The van der Waals surface area contributed by atoms with E-state index in [1.54, 1.807) is 14.2 Å². The van der Waals surface area contributed by atoms with E-state index < -0.39 is 0 Å². The van der Waals surface area contributed by atoms with Crippen molar-refractivity contribution in [1.82, 2.24) is 0 Å². The van der Waals surface area contributed by atoms with Crippen molar-refractivity contribution in [2.24, 2.45) is 0 Å². The number of ether oxygens (including phenoxy) is 2. The monoisotopic (exact) mass is 250 g/mol. The number of benzene rings is 1. The van der Waals surface area contributed by atoms with Crippen LogP contribution in [0.2, 0.25) is 0 Å². The van der Waals surface area contributed by atoms with Gasteiger partial charge in [-0.1, -0.05) is 20.8 Å². The Hall–Kier alpha value is -1.51. The Kier molecular flexibility index (Phi) is 5.20. The smallest absolute Gasteiger partial charge is 0.161 e. The minimum atomic E-state index is 0.194. The van der Waals surface area contributed by atoms with E-state index in [0.717, 1.165) is 23.3 Å². The SMILES string of the molecule is COc1cc(C(C)C)c(C(C)CC=O)cc1OC. The summed E-state index contributed by atoms with van der Waals surface area (Å²) in [4.78, 5) is 10.7. The number of hydrogen-bond acceptors (Lipinski definition) is 3. The number of carbonyl (C=O) groups excluding carboxylic acids is 1. The first-order valence-electron chi connectivity index (χ1n) is 6.24. The number of hydrogen-bond donors (Lipinski definition) is 0. The molecule has 3 nitrogen and oxygen atoms in total. The van der Waals surface area contributed by atoms with E-state index >= 15 is 0 Å². The second kappa shape index (κ2) is 6.43. The standard InChI is InChI=1S/C15H22O3/c1-10(2)12-8-14(17-4)15(18-5)9-13(12)11(3)6-7-16/h7-11H,6H2,1-5H3. The first-order chi connectivity index (χ1) is 8.54. The Morgan fingerprint density at radius 2 is 1.56 bits per heavy atom. The van der Waals surface area contributed by atoms with Crippen molar-refractivity contribution in [1.29, 1.82) is 0 Å².